The molecule has 26 heavy (non-hydrogen) atoms. The molecule has 3 rings (SSSR count). The van der Waals surface area contributed by atoms with Crippen LogP contribution < -0.4 is 10.1 Å². The first-order chi connectivity index (χ1) is 12.8. The maximum absolute atomic E-state index is 12.5. The van der Waals surface area contributed by atoms with Crippen molar-refractivity contribution < 1.29 is 14.3 Å². The zero-order chi connectivity index (χ0) is 18.2. The van der Waals surface area contributed by atoms with Gasteiger partial charge in [0.15, 0.2) is 0 Å². The van der Waals surface area contributed by atoms with Crippen molar-refractivity contribution in [2.24, 2.45) is 0 Å². The molecule has 1 fully saturated rings. The Hall–Kier alpha value is -2.37. The average molecular weight is 354 g/mol. The van der Waals surface area contributed by atoms with Crippen molar-refractivity contribution in [2.75, 3.05) is 39.5 Å². The van der Waals surface area contributed by atoms with Crippen molar-refractivity contribution in [2.45, 2.75) is 13.0 Å². The number of ether oxygens (including phenoxy) is 2. The Morgan fingerprint density at radius 1 is 1.12 bits per heavy atom. The fourth-order valence-corrected chi connectivity index (χ4v) is 3.18. The van der Waals surface area contributed by atoms with Crippen LogP contribution >= 0.6 is 0 Å². The number of carbonyl (C=O) groups is 1. The van der Waals surface area contributed by atoms with Gasteiger partial charge in [0.25, 0.3) is 5.91 Å². The van der Waals surface area contributed by atoms with Crippen LogP contribution in [0.25, 0.3) is 0 Å². The Bertz CT molecular complexity index is 682. The van der Waals surface area contributed by atoms with E-state index in [0.29, 0.717) is 18.7 Å². The summed E-state index contributed by atoms with van der Waals surface area (Å²) in [5, 5.41) is 3.08. The van der Waals surface area contributed by atoms with E-state index in [1.165, 1.54) is 5.56 Å². The predicted molar refractivity (Wildman–Crippen MR) is 102 cm³/mol. The van der Waals surface area contributed by atoms with Gasteiger partial charge < -0.3 is 14.8 Å². The minimum absolute atomic E-state index is 0.0674. The van der Waals surface area contributed by atoms with E-state index < -0.39 is 0 Å². The van der Waals surface area contributed by atoms with Gasteiger partial charge in [-0.2, -0.15) is 0 Å². The Balaban J connectivity index is 1.65. The molecule has 1 aliphatic heterocycles. The van der Waals surface area contributed by atoms with Gasteiger partial charge in [0.1, 0.15) is 5.75 Å². The fourth-order valence-electron chi connectivity index (χ4n) is 3.18. The van der Waals surface area contributed by atoms with Gasteiger partial charge in [-0.1, -0.05) is 30.3 Å². The van der Waals surface area contributed by atoms with Gasteiger partial charge in [0.2, 0.25) is 0 Å². The van der Waals surface area contributed by atoms with E-state index in [-0.39, 0.29) is 11.9 Å². The highest BCUT2D eigenvalue weighted by Crippen LogP contribution is 2.21. The van der Waals surface area contributed by atoms with Gasteiger partial charge in [-0.15, -0.1) is 0 Å². The molecule has 0 radical (unpaired) electrons. The standard InChI is InChI=1S/C21H26N2O3/c1-2-26-19-10-8-18(9-11-19)21(24)22-16-20(17-6-4-3-5-7-17)23-12-14-25-15-13-23/h3-11,20H,2,12-16H2,1H3,(H,22,24). The zero-order valence-corrected chi connectivity index (χ0v) is 15.2. The monoisotopic (exact) mass is 354 g/mol. The van der Waals surface area contributed by atoms with Crippen molar-refractivity contribution in [1.82, 2.24) is 10.2 Å². The van der Waals surface area contributed by atoms with Crippen LogP contribution in [-0.4, -0.2) is 50.3 Å². The highest BCUT2D eigenvalue weighted by atomic mass is 16.5. The highest BCUT2D eigenvalue weighted by molar-refractivity contribution is 5.94. The Morgan fingerprint density at radius 2 is 1.81 bits per heavy atom. The van der Waals surface area contributed by atoms with Gasteiger partial charge in [-0.3, -0.25) is 9.69 Å². The fraction of sp³-hybridized carbons (Fsp3) is 0.381. The lowest BCUT2D eigenvalue weighted by Gasteiger charge is -2.35. The molecule has 1 N–H and O–H groups in total. The lowest BCUT2D eigenvalue weighted by atomic mass is 10.0. The van der Waals surface area contributed by atoms with Gasteiger partial charge in [0, 0.05) is 25.2 Å². The summed E-state index contributed by atoms with van der Waals surface area (Å²) in [7, 11) is 0. The van der Waals surface area contributed by atoms with Crippen LogP contribution in [-0.2, 0) is 4.74 Å². The smallest absolute Gasteiger partial charge is 0.251 e. The van der Waals surface area contributed by atoms with Gasteiger partial charge in [-0.25, -0.2) is 0 Å². The molecule has 0 bridgehead atoms. The molecule has 2 aromatic carbocycles. The van der Waals surface area contributed by atoms with E-state index >= 15 is 0 Å². The minimum atomic E-state index is -0.0674. The summed E-state index contributed by atoms with van der Waals surface area (Å²) < 4.78 is 10.9. The molecule has 5 nitrogen and oxygen atoms in total. The maximum Gasteiger partial charge on any atom is 0.251 e. The molecule has 0 aliphatic carbocycles. The number of morpholine rings is 1. The topological polar surface area (TPSA) is 50.8 Å². The first kappa shape index (κ1) is 18.4. The van der Waals surface area contributed by atoms with Crippen molar-refractivity contribution in [3.8, 4) is 5.75 Å². The predicted octanol–water partition coefficient (Wildman–Crippen LogP) is 2.89. The number of nitrogens with zero attached hydrogens (tertiary/aromatic N) is 1. The Labute approximate surface area is 154 Å². The summed E-state index contributed by atoms with van der Waals surface area (Å²) in [6.45, 7) is 6.33. The van der Waals surface area contributed by atoms with Crippen molar-refractivity contribution in [3.63, 3.8) is 0 Å². The van der Waals surface area contributed by atoms with Crippen LogP contribution in [0.5, 0.6) is 5.75 Å². The number of hydrogen-bond acceptors (Lipinski definition) is 4. The molecule has 1 heterocycles. The van der Waals surface area contributed by atoms with Crippen LogP contribution in [0.3, 0.4) is 0 Å². The molecule has 0 spiro atoms. The van der Waals surface area contributed by atoms with E-state index in [9.17, 15) is 4.79 Å². The second-order valence-electron chi connectivity index (χ2n) is 6.24. The number of rotatable bonds is 7. The molecular weight excluding hydrogens is 328 g/mol. The summed E-state index contributed by atoms with van der Waals surface area (Å²) >= 11 is 0. The molecule has 0 aromatic heterocycles. The molecule has 1 atom stereocenters. The van der Waals surface area contributed by atoms with Crippen molar-refractivity contribution >= 4 is 5.91 Å². The normalized spacial score (nSPS) is 16.0. The quantitative estimate of drug-likeness (QED) is 0.831. The van der Waals surface area contributed by atoms with Crippen LogP contribution in [0, 0.1) is 0 Å². The van der Waals surface area contributed by atoms with Gasteiger partial charge in [0.05, 0.1) is 25.9 Å². The molecule has 5 heteroatoms. The number of nitrogens with one attached hydrogen (secondary N) is 1. The first-order valence-corrected chi connectivity index (χ1v) is 9.15. The molecule has 1 amide bonds. The number of carbonyl (C=O) groups excluding carboxylic acids is 1. The summed E-state index contributed by atoms with van der Waals surface area (Å²) in [5.41, 5.74) is 1.85. The summed E-state index contributed by atoms with van der Waals surface area (Å²) in [5.74, 6) is 0.710. The van der Waals surface area contributed by atoms with E-state index in [1.54, 1.807) is 12.1 Å². The van der Waals surface area contributed by atoms with E-state index in [4.69, 9.17) is 9.47 Å². The first-order valence-electron chi connectivity index (χ1n) is 9.15. The minimum Gasteiger partial charge on any atom is -0.494 e. The average Bonchev–Trinajstić information content (AvgIpc) is 2.70. The lowest BCUT2D eigenvalue weighted by molar-refractivity contribution is 0.0162. The third kappa shape index (κ3) is 4.84. The third-order valence-corrected chi connectivity index (χ3v) is 4.55. The molecule has 2 aromatic rings. The number of hydrogen-bond donors (Lipinski definition) is 1. The lowest BCUT2D eigenvalue weighted by Crippen LogP contribution is -2.43. The van der Waals surface area contributed by atoms with Crippen LogP contribution in [0.2, 0.25) is 0 Å². The Morgan fingerprint density at radius 3 is 2.46 bits per heavy atom. The van der Waals surface area contributed by atoms with Crippen LogP contribution in [0.4, 0.5) is 0 Å². The van der Waals surface area contributed by atoms with Crippen LogP contribution in [0.1, 0.15) is 28.9 Å². The second kappa shape index (κ2) is 9.36. The molecule has 1 unspecified atom stereocenters. The summed E-state index contributed by atoms with van der Waals surface area (Å²) in [4.78, 5) is 14.9. The SMILES string of the molecule is CCOc1ccc(C(=O)NCC(c2ccccc2)N2CCOCC2)cc1. The van der Waals surface area contributed by atoms with E-state index in [2.05, 4.69) is 22.3 Å². The third-order valence-electron chi connectivity index (χ3n) is 4.55. The largest absolute Gasteiger partial charge is 0.494 e. The van der Waals surface area contributed by atoms with Crippen LogP contribution in [0.15, 0.2) is 54.6 Å². The molecule has 138 valence electrons. The van der Waals surface area contributed by atoms with Gasteiger partial charge in [-0.05, 0) is 36.8 Å². The highest BCUT2D eigenvalue weighted by Gasteiger charge is 2.23. The van der Waals surface area contributed by atoms with E-state index in [1.807, 2.05) is 37.3 Å². The van der Waals surface area contributed by atoms with Gasteiger partial charge >= 0.3 is 0 Å². The molecule has 0 saturated carbocycles. The Kier molecular flexibility index (Phi) is 6.63. The summed E-state index contributed by atoms with van der Waals surface area (Å²) in [6, 6.07) is 17.7. The zero-order valence-electron chi connectivity index (χ0n) is 15.2. The number of amides is 1. The molecule has 1 saturated heterocycles. The summed E-state index contributed by atoms with van der Waals surface area (Å²) in [6.07, 6.45) is 0. The number of benzene rings is 2. The van der Waals surface area contributed by atoms with Crippen molar-refractivity contribution in [1.29, 1.82) is 0 Å². The molecular formula is C21H26N2O3. The van der Waals surface area contributed by atoms with E-state index in [0.717, 1.165) is 32.1 Å². The second-order valence-corrected chi connectivity index (χ2v) is 6.24. The maximum atomic E-state index is 12.5. The molecule has 1 aliphatic rings. The van der Waals surface area contributed by atoms with Crippen molar-refractivity contribution in [3.05, 3.63) is 65.7 Å².